The molecule has 2 N–H and O–H groups in total. The highest BCUT2D eigenvalue weighted by molar-refractivity contribution is 5.75. The topological polar surface area (TPSA) is 44.4 Å². The zero-order valence-corrected chi connectivity index (χ0v) is 10.4. The lowest BCUT2D eigenvalue weighted by atomic mass is 10.1. The van der Waals surface area contributed by atoms with E-state index in [0.717, 1.165) is 26.2 Å². The molecule has 0 radical (unpaired) electrons. The summed E-state index contributed by atoms with van der Waals surface area (Å²) >= 11 is 0. The average Bonchev–Trinajstić information content (AvgIpc) is 2.30. The molecule has 0 atom stereocenters. The van der Waals surface area contributed by atoms with Crippen molar-refractivity contribution in [3.05, 3.63) is 0 Å². The normalized spacial score (nSPS) is 17.3. The summed E-state index contributed by atoms with van der Waals surface area (Å²) in [4.78, 5) is 13.6. The van der Waals surface area contributed by atoms with E-state index in [0.29, 0.717) is 6.42 Å². The summed E-state index contributed by atoms with van der Waals surface area (Å²) < 4.78 is 0. The first-order chi connectivity index (χ1) is 7.83. The van der Waals surface area contributed by atoms with Crippen molar-refractivity contribution >= 4 is 5.91 Å². The van der Waals surface area contributed by atoms with Crippen LogP contribution in [0.3, 0.4) is 0 Å². The number of amides is 1. The van der Waals surface area contributed by atoms with Gasteiger partial charge in [0.2, 0.25) is 5.91 Å². The van der Waals surface area contributed by atoms with E-state index in [-0.39, 0.29) is 5.91 Å². The number of nitrogens with zero attached hydrogens (tertiary/aromatic N) is 1. The molecule has 0 aromatic rings. The largest absolute Gasteiger partial charge is 0.356 e. The number of hydrogen-bond acceptors (Lipinski definition) is 3. The van der Waals surface area contributed by atoms with Gasteiger partial charge in [0, 0.05) is 32.6 Å². The van der Waals surface area contributed by atoms with E-state index in [1.54, 1.807) is 0 Å². The maximum atomic E-state index is 11.1. The minimum absolute atomic E-state index is 0.146. The third kappa shape index (κ3) is 6.08. The predicted octanol–water partition coefficient (Wildman–Crippen LogP) is 0.588. The second kappa shape index (κ2) is 8.53. The van der Waals surface area contributed by atoms with Crippen LogP contribution in [-0.2, 0) is 4.79 Å². The molecule has 1 saturated heterocycles. The molecule has 0 aliphatic carbocycles. The van der Waals surface area contributed by atoms with E-state index in [4.69, 9.17) is 0 Å². The highest BCUT2D eigenvalue weighted by Gasteiger charge is 2.08. The van der Waals surface area contributed by atoms with Crippen LogP contribution in [0, 0.1) is 0 Å². The van der Waals surface area contributed by atoms with Crippen molar-refractivity contribution in [2.75, 3.05) is 39.3 Å². The molecule has 0 unspecified atom stereocenters. The van der Waals surface area contributed by atoms with E-state index in [2.05, 4.69) is 15.5 Å². The maximum Gasteiger partial charge on any atom is 0.221 e. The monoisotopic (exact) mass is 227 g/mol. The van der Waals surface area contributed by atoms with Crippen LogP contribution in [0.2, 0.25) is 0 Å². The maximum absolute atomic E-state index is 11.1. The second-order valence-corrected chi connectivity index (χ2v) is 4.36. The zero-order chi connectivity index (χ0) is 11.6. The molecule has 0 aromatic carbocycles. The third-order valence-electron chi connectivity index (χ3n) is 2.96. The Balaban J connectivity index is 1.89. The number of nitrogens with one attached hydrogen (secondary N) is 2. The number of likely N-dealkylation sites (tertiary alicyclic amines) is 1. The standard InChI is InChI=1S/C12H25N3O/c1-2-14-12(16)6-7-13-8-11-15-9-4-3-5-10-15/h13H,2-11H2,1H3,(H,14,16). The van der Waals surface area contributed by atoms with Crippen LogP contribution in [-0.4, -0.2) is 50.1 Å². The van der Waals surface area contributed by atoms with Crippen molar-refractivity contribution in [3.8, 4) is 0 Å². The Morgan fingerprint density at radius 2 is 1.94 bits per heavy atom. The molecule has 1 fully saturated rings. The molecule has 94 valence electrons. The molecule has 1 aliphatic rings. The number of carbonyl (C=O) groups is 1. The first-order valence-corrected chi connectivity index (χ1v) is 6.52. The molecule has 1 amide bonds. The Hall–Kier alpha value is -0.610. The van der Waals surface area contributed by atoms with Crippen molar-refractivity contribution in [1.29, 1.82) is 0 Å². The molecule has 0 bridgehead atoms. The van der Waals surface area contributed by atoms with E-state index in [1.807, 2.05) is 6.92 Å². The van der Waals surface area contributed by atoms with Gasteiger partial charge in [0.1, 0.15) is 0 Å². The van der Waals surface area contributed by atoms with Gasteiger partial charge in [-0.2, -0.15) is 0 Å². The summed E-state index contributed by atoms with van der Waals surface area (Å²) in [7, 11) is 0. The fourth-order valence-corrected chi connectivity index (χ4v) is 2.03. The first-order valence-electron chi connectivity index (χ1n) is 6.52. The van der Waals surface area contributed by atoms with E-state index < -0.39 is 0 Å². The number of carbonyl (C=O) groups excluding carboxylic acids is 1. The summed E-state index contributed by atoms with van der Waals surface area (Å²) in [5, 5.41) is 6.12. The lowest BCUT2D eigenvalue weighted by molar-refractivity contribution is -0.120. The number of rotatable bonds is 7. The Morgan fingerprint density at radius 3 is 2.62 bits per heavy atom. The fourth-order valence-electron chi connectivity index (χ4n) is 2.03. The molecule has 0 aromatic heterocycles. The highest BCUT2D eigenvalue weighted by atomic mass is 16.1. The van der Waals surface area contributed by atoms with Gasteiger partial charge in [0.05, 0.1) is 0 Å². The SMILES string of the molecule is CCNC(=O)CCNCCN1CCCCC1. The van der Waals surface area contributed by atoms with E-state index in [9.17, 15) is 4.79 Å². The smallest absolute Gasteiger partial charge is 0.221 e. The minimum atomic E-state index is 0.146. The van der Waals surface area contributed by atoms with Gasteiger partial charge in [0.25, 0.3) is 0 Å². The molecular weight excluding hydrogens is 202 g/mol. The third-order valence-corrected chi connectivity index (χ3v) is 2.96. The molecule has 4 heteroatoms. The van der Waals surface area contributed by atoms with Crippen LogP contribution < -0.4 is 10.6 Å². The molecule has 1 aliphatic heterocycles. The summed E-state index contributed by atoms with van der Waals surface area (Å²) in [5.41, 5.74) is 0. The summed E-state index contributed by atoms with van der Waals surface area (Å²) in [6.07, 6.45) is 4.67. The molecule has 0 saturated carbocycles. The van der Waals surface area contributed by atoms with Crippen molar-refractivity contribution in [2.45, 2.75) is 32.6 Å². The Morgan fingerprint density at radius 1 is 1.19 bits per heavy atom. The van der Waals surface area contributed by atoms with Gasteiger partial charge in [0.15, 0.2) is 0 Å². The molecule has 1 rings (SSSR count). The molecule has 4 nitrogen and oxygen atoms in total. The van der Waals surface area contributed by atoms with Crippen LogP contribution in [0.5, 0.6) is 0 Å². The van der Waals surface area contributed by atoms with Crippen molar-refractivity contribution in [3.63, 3.8) is 0 Å². The van der Waals surface area contributed by atoms with Gasteiger partial charge < -0.3 is 15.5 Å². The van der Waals surface area contributed by atoms with Gasteiger partial charge in [-0.3, -0.25) is 4.79 Å². The van der Waals surface area contributed by atoms with Crippen molar-refractivity contribution in [2.24, 2.45) is 0 Å². The van der Waals surface area contributed by atoms with Crippen LogP contribution in [0.25, 0.3) is 0 Å². The summed E-state index contributed by atoms with van der Waals surface area (Å²) in [5.74, 6) is 0.146. The van der Waals surface area contributed by atoms with Gasteiger partial charge in [-0.05, 0) is 32.9 Å². The van der Waals surface area contributed by atoms with Crippen molar-refractivity contribution in [1.82, 2.24) is 15.5 Å². The van der Waals surface area contributed by atoms with Gasteiger partial charge >= 0.3 is 0 Å². The highest BCUT2D eigenvalue weighted by Crippen LogP contribution is 2.07. The summed E-state index contributed by atoms with van der Waals surface area (Å²) in [6, 6.07) is 0. The Kier molecular flexibility index (Phi) is 7.17. The lowest BCUT2D eigenvalue weighted by Crippen LogP contribution is -2.36. The molecule has 16 heavy (non-hydrogen) atoms. The van der Waals surface area contributed by atoms with Crippen LogP contribution >= 0.6 is 0 Å². The average molecular weight is 227 g/mol. The van der Waals surface area contributed by atoms with Gasteiger partial charge in [-0.25, -0.2) is 0 Å². The van der Waals surface area contributed by atoms with Gasteiger partial charge in [-0.1, -0.05) is 6.42 Å². The van der Waals surface area contributed by atoms with Crippen LogP contribution in [0.4, 0.5) is 0 Å². The Labute approximate surface area is 98.8 Å². The second-order valence-electron chi connectivity index (χ2n) is 4.36. The molecule has 1 heterocycles. The fraction of sp³-hybridized carbons (Fsp3) is 0.917. The Bertz CT molecular complexity index is 191. The lowest BCUT2D eigenvalue weighted by Gasteiger charge is -2.26. The minimum Gasteiger partial charge on any atom is -0.356 e. The van der Waals surface area contributed by atoms with Crippen molar-refractivity contribution < 1.29 is 4.79 Å². The first kappa shape index (κ1) is 13.5. The van der Waals surface area contributed by atoms with Crippen LogP contribution in [0.15, 0.2) is 0 Å². The van der Waals surface area contributed by atoms with Crippen LogP contribution in [0.1, 0.15) is 32.6 Å². The summed E-state index contributed by atoms with van der Waals surface area (Å²) in [6.45, 7) is 8.08. The van der Waals surface area contributed by atoms with E-state index >= 15 is 0 Å². The number of hydrogen-bond donors (Lipinski definition) is 2. The molecular formula is C12H25N3O. The van der Waals surface area contributed by atoms with E-state index in [1.165, 1.54) is 32.4 Å². The number of piperidine rings is 1. The van der Waals surface area contributed by atoms with Gasteiger partial charge in [-0.15, -0.1) is 0 Å². The molecule has 0 spiro atoms. The predicted molar refractivity (Wildman–Crippen MR) is 66.5 cm³/mol. The quantitative estimate of drug-likeness (QED) is 0.626. The zero-order valence-electron chi connectivity index (χ0n) is 10.4.